The number of nitrogens with one attached hydrogen (secondary N) is 1. The first-order chi connectivity index (χ1) is 8.85. The Labute approximate surface area is 111 Å². The summed E-state index contributed by atoms with van der Waals surface area (Å²) in [6, 6.07) is 6.46. The summed E-state index contributed by atoms with van der Waals surface area (Å²) in [5.41, 5.74) is 0.900. The summed E-state index contributed by atoms with van der Waals surface area (Å²) in [5.74, 6) is 1.97. The lowest BCUT2D eigenvalue weighted by Crippen LogP contribution is -2.17. The second-order valence-corrected chi connectivity index (χ2v) is 6.25. The van der Waals surface area contributed by atoms with Crippen LogP contribution in [0.2, 0.25) is 0 Å². The van der Waals surface area contributed by atoms with Gasteiger partial charge in [0, 0.05) is 17.5 Å². The van der Waals surface area contributed by atoms with E-state index in [-0.39, 0.29) is 0 Å². The monoisotopic (exact) mass is 262 g/mol. The van der Waals surface area contributed by atoms with Crippen molar-refractivity contribution >= 4 is 23.4 Å². The lowest BCUT2D eigenvalue weighted by atomic mass is 10.2. The van der Waals surface area contributed by atoms with Gasteiger partial charge in [-0.15, -0.1) is 5.10 Å². The molecule has 0 bridgehead atoms. The molecule has 1 aliphatic rings. The standard InChI is InChI=1S/C13H18N4S/c1-2-18-11-7-6-10(9-11)14-13-15-12-5-3-4-8-17(12)16-13/h3-5,8,10-11H,2,6-7,9H2,1H3,(H,14,16). The zero-order valence-electron chi connectivity index (χ0n) is 10.5. The molecule has 18 heavy (non-hydrogen) atoms. The lowest BCUT2D eigenvalue weighted by molar-refractivity contribution is 0.744. The van der Waals surface area contributed by atoms with E-state index in [9.17, 15) is 0 Å². The molecular weight excluding hydrogens is 244 g/mol. The van der Waals surface area contributed by atoms with Gasteiger partial charge in [0.1, 0.15) is 0 Å². The number of rotatable bonds is 4. The fourth-order valence-corrected chi connectivity index (χ4v) is 3.68. The molecule has 0 spiro atoms. The third-order valence-electron chi connectivity index (χ3n) is 3.36. The van der Waals surface area contributed by atoms with Crippen LogP contribution >= 0.6 is 11.8 Å². The van der Waals surface area contributed by atoms with Crippen LogP contribution in [0, 0.1) is 0 Å². The Hall–Kier alpha value is -1.23. The van der Waals surface area contributed by atoms with Crippen molar-refractivity contribution in [2.45, 2.75) is 37.5 Å². The van der Waals surface area contributed by atoms with E-state index < -0.39 is 0 Å². The molecule has 96 valence electrons. The molecule has 0 radical (unpaired) electrons. The predicted molar refractivity (Wildman–Crippen MR) is 76.2 cm³/mol. The molecule has 5 heteroatoms. The van der Waals surface area contributed by atoms with Crippen LogP contribution in [0.25, 0.3) is 5.65 Å². The van der Waals surface area contributed by atoms with Crippen molar-refractivity contribution in [3.05, 3.63) is 24.4 Å². The average Bonchev–Trinajstić information content (AvgIpc) is 2.96. The third-order valence-corrected chi connectivity index (χ3v) is 4.59. The highest BCUT2D eigenvalue weighted by Gasteiger charge is 2.25. The topological polar surface area (TPSA) is 42.2 Å². The highest BCUT2D eigenvalue weighted by atomic mass is 32.2. The fourth-order valence-electron chi connectivity index (χ4n) is 2.53. The van der Waals surface area contributed by atoms with E-state index in [2.05, 4.69) is 34.1 Å². The Morgan fingerprint density at radius 2 is 2.39 bits per heavy atom. The number of aromatic nitrogens is 3. The van der Waals surface area contributed by atoms with E-state index in [1.807, 2.05) is 28.9 Å². The zero-order valence-corrected chi connectivity index (χ0v) is 11.4. The van der Waals surface area contributed by atoms with E-state index in [0.717, 1.165) is 16.8 Å². The number of nitrogens with zero attached hydrogens (tertiary/aromatic N) is 3. The van der Waals surface area contributed by atoms with Crippen molar-refractivity contribution in [3.8, 4) is 0 Å². The predicted octanol–water partition coefficient (Wildman–Crippen LogP) is 2.82. The Balaban J connectivity index is 1.66. The minimum Gasteiger partial charge on any atom is -0.350 e. The molecule has 1 aliphatic carbocycles. The van der Waals surface area contributed by atoms with E-state index >= 15 is 0 Å². The maximum Gasteiger partial charge on any atom is 0.243 e. The summed E-state index contributed by atoms with van der Waals surface area (Å²) in [7, 11) is 0. The van der Waals surface area contributed by atoms with Gasteiger partial charge in [0.05, 0.1) is 0 Å². The number of hydrogen-bond acceptors (Lipinski definition) is 4. The SMILES string of the molecule is CCSC1CCC(Nc2nc3ccccn3n2)C1. The van der Waals surface area contributed by atoms with Crippen molar-refractivity contribution < 1.29 is 0 Å². The van der Waals surface area contributed by atoms with Gasteiger partial charge in [-0.2, -0.15) is 16.7 Å². The molecule has 0 saturated heterocycles. The van der Waals surface area contributed by atoms with Gasteiger partial charge in [0.25, 0.3) is 0 Å². The first kappa shape index (κ1) is 11.8. The fraction of sp³-hybridized carbons (Fsp3) is 0.538. The lowest BCUT2D eigenvalue weighted by Gasteiger charge is -2.10. The third kappa shape index (κ3) is 2.46. The molecule has 2 aromatic rings. The van der Waals surface area contributed by atoms with Crippen LogP contribution in [0.4, 0.5) is 5.95 Å². The Morgan fingerprint density at radius 1 is 1.44 bits per heavy atom. The molecule has 2 heterocycles. The summed E-state index contributed by atoms with van der Waals surface area (Å²) in [6.07, 6.45) is 5.70. The van der Waals surface area contributed by atoms with Crippen molar-refractivity contribution in [3.63, 3.8) is 0 Å². The van der Waals surface area contributed by atoms with Crippen LogP contribution in [-0.4, -0.2) is 31.6 Å². The Morgan fingerprint density at radius 3 is 3.22 bits per heavy atom. The van der Waals surface area contributed by atoms with E-state index in [0.29, 0.717) is 6.04 Å². The van der Waals surface area contributed by atoms with Crippen molar-refractivity contribution in [1.82, 2.24) is 14.6 Å². The molecule has 2 unspecified atom stereocenters. The van der Waals surface area contributed by atoms with Gasteiger partial charge in [-0.25, -0.2) is 4.52 Å². The number of hydrogen-bond donors (Lipinski definition) is 1. The van der Waals surface area contributed by atoms with Crippen LogP contribution < -0.4 is 5.32 Å². The normalized spacial score (nSPS) is 23.6. The minimum atomic E-state index is 0.534. The maximum absolute atomic E-state index is 4.48. The van der Waals surface area contributed by atoms with Crippen molar-refractivity contribution in [2.75, 3.05) is 11.1 Å². The Kier molecular flexibility index (Phi) is 3.41. The van der Waals surface area contributed by atoms with E-state index in [1.165, 1.54) is 25.0 Å². The molecular formula is C13H18N4S. The van der Waals surface area contributed by atoms with Gasteiger partial charge in [-0.3, -0.25) is 0 Å². The van der Waals surface area contributed by atoms with Crippen LogP contribution in [0.15, 0.2) is 24.4 Å². The largest absolute Gasteiger partial charge is 0.350 e. The first-order valence-electron chi connectivity index (χ1n) is 6.54. The van der Waals surface area contributed by atoms with Crippen molar-refractivity contribution in [1.29, 1.82) is 0 Å². The van der Waals surface area contributed by atoms with Crippen LogP contribution in [0.5, 0.6) is 0 Å². The molecule has 0 aliphatic heterocycles. The van der Waals surface area contributed by atoms with Gasteiger partial charge in [-0.1, -0.05) is 13.0 Å². The van der Waals surface area contributed by atoms with Crippen LogP contribution in [0.3, 0.4) is 0 Å². The highest BCUT2D eigenvalue weighted by molar-refractivity contribution is 7.99. The molecule has 3 rings (SSSR count). The number of fused-ring (bicyclic) bond motifs is 1. The molecule has 0 aromatic carbocycles. The molecule has 1 saturated carbocycles. The summed E-state index contributed by atoms with van der Waals surface area (Å²) < 4.78 is 1.82. The highest BCUT2D eigenvalue weighted by Crippen LogP contribution is 2.31. The van der Waals surface area contributed by atoms with Gasteiger partial charge in [0.2, 0.25) is 5.95 Å². The van der Waals surface area contributed by atoms with E-state index in [1.54, 1.807) is 0 Å². The van der Waals surface area contributed by atoms with Gasteiger partial charge < -0.3 is 5.32 Å². The number of thioether (sulfide) groups is 1. The second-order valence-electron chi connectivity index (χ2n) is 4.67. The maximum atomic E-state index is 4.48. The van der Waals surface area contributed by atoms with Gasteiger partial charge >= 0.3 is 0 Å². The van der Waals surface area contributed by atoms with Crippen LogP contribution in [0.1, 0.15) is 26.2 Å². The molecule has 1 fully saturated rings. The number of pyridine rings is 1. The van der Waals surface area contributed by atoms with Crippen LogP contribution in [-0.2, 0) is 0 Å². The molecule has 1 N–H and O–H groups in total. The first-order valence-corrected chi connectivity index (χ1v) is 7.59. The zero-order chi connectivity index (χ0) is 12.4. The molecule has 4 nitrogen and oxygen atoms in total. The van der Waals surface area contributed by atoms with E-state index in [4.69, 9.17) is 0 Å². The minimum absolute atomic E-state index is 0.534. The molecule has 0 amide bonds. The van der Waals surface area contributed by atoms with Gasteiger partial charge in [0.15, 0.2) is 5.65 Å². The summed E-state index contributed by atoms with van der Waals surface area (Å²) in [4.78, 5) is 4.48. The summed E-state index contributed by atoms with van der Waals surface area (Å²) in [6.45, 7) is 2.23. The molecule has 2 aromatic heterocycles. The second kappa shape index (κ2) is 5.18. The molecule has 2 atom stereocenters. The average molecular weight is 262 g/mol. The number of anilines is 1. The van der Waals surface area contributed by atoms with Crippen molar-refractivity contribution in [2.24, 2.45) is 0 Å². The van der Waals surface area contributed by atoms with Gasteiger partial charge in [-0.05, 0) is 37.1 Å². The smallest absolute Gasteiger partial charge is 0.243 e. The summed E-state index contributed by atoms with van der Waals surface area (Å²) in [5, 5.41) is 8.71. The Bertz CT molecular complexity index is 491. The quantitative estimate of drug-likeness (QED) is 0.920. The summed E-state index contributed by atoms with van der Waals surface area (Å²) >= 11 is 2.07.